The Morgan fingerprint density at radius 2 is 1.75 bits per heavy atom. The van der Waals surface area contributed by atoms with E-state index in [1.807, 2.05) is 54.9 Å². The summed E-state index contributed by atoms with van der Waals surface area (Å²) < 4.78 is 1.91. The van der Waals surface area contributed by atoms with Crippen molar-refractivity contribution >= 4 is 33.4 Å². The van der Waals surface area contributed by atoms with Gasteiger partial charge in [-0.05, 0) is 24.1 Å². The molecule has 2 heterocycles. The fraction of sp³-hybridized carbons (Fsp3) is 0.381. The lowest BCUT2D eigenvalue weighted by molar-refractivity contribution is -0.123. The van der Waals surface area contributed by atoms with E-state index in [9.17, 15) is 9.59 Å². The number of hydrogen-bond donors (Lipinski definition) is 2. The van der Waals surface area contributed by atoms with Crippen LogP contribution in [0.5, 0.6) is 0 Å². The average molecular weight is 399 g/mol. The molecule has 7 heteroatoms. The first-order valence-corrected chi connectivity index (χ1v) is 10.3. The second kappa shape index (κ2) is 8.56. The molecule has 0 aliphatic heterocycles. The van der Waals surface area contributed by atoms with Crippen LogP contribution in [0, 0.1) is 5.92 Å². The summed E-state index contributed by atoms with van der Waals surface area (Å²) in [5.41, 5.74) is 1.96. The van der Waals surface area contributed by atoms with E-state index in [0.717, 1.165) is 21.6 Å². The smallest absolute Gasteiger partial charge is 0.261 e. The van der Waals surface area contributed by atoms with E-state index < -0.39 is 0 Å². The van der Waals surface area contributed by atoms with E-state index in [0.29, 0.717) is 18.0 Å². The van der Waals surface area contributed by atoms with E-state index in [4.69, 9.17) is 5.10 Å². The van der Waals surface area contributed by atoms with E-state index in [2.05, 4.69) is 24.5 Å². The Bertz CT molecular complexity index is 973. The standard InChI is InChI=1S/C21H26N4O2S/c1-13(2)18-16-12-17(20(27)23-11-10-22-19(26)14(3)4)28-21(16)25(24-18)15-8-6-5-7-9-15/h5-9,12-14H,10-11H2,1-4H3,(H,22,26)(H,23,27). The maximum Gasteiger partial charge on any atom is 0.261 e. The molecule has 0 radical (unpaired) electrons. The SMILES string of the molecule is CC(C)C(=O)NCCNC(=O)c1cc2c(C(C)C)nn(-c3ccccc3)c2s1. The number of nitrogens with one attached hydrogen (secondary N) is 2. The Balaban J connectivity index is 1.79. The van der Waals surface area contributed by atoms with E-state index >= 15 is 0 Å². The second-order valence-corrected chi connectivity index (χ2v) is 8.35. The van der Waals surface area contributed by atoms with Crippen LogP contribution < -0.4 is 10.6 Å². The molecule has 6 nitrogen and oxygen atoms in total. The molecular weight excluding hydrogens is 372 g/mol. The zero-order chi connectivity index (χ0) is 20.3. The van der Waals surface area contributed by atoms with Crippen LogP contribution in [0.4, 0.5) is 0 Å². The van der Waals surface area contributed by atoms with Gasteiger partial charge < -0.3 is 10.6 Å². The molecule has 3 rings (SSSR count). The molecule has 28 heavy (non-hydrogen) atoms. The first-order valence-electron chi connectivity index (χ1n) is 9.52. The summed E-state index contributed by atoms with van der Waals surface area (Å²) in [6.45, 7) is 8.70. The van der Waals surface area contributed by atoms with Gasteiger partial charge in [0, 0.05) is 24.4 Å². The zero-order valence-corrected chi connectivity index (χ0v) is 17.5. The lowest BCUT2D eigenvalue weighted by atomic mass is 10.1. The summed E-state index contributed by atoms with van der Waals surface area (Å²) in [6, 6.07) is 11.9. The highest BCUT2D eigenvalue weighted by atomic mass is 32.1. The molecule has 0 aliphatic carbocycles. The summed E-state index contributed by atoms with van der Waals surface area (Å²) in [7, 11) is 0. The molecule has 0 saturated heterocycles. The molecule has 3 aromatic rings. The molecule has 0 bridgehead atoms. The minimum Gasteiger partial charge on any atom is -0.354 e. The Morgan fingerprint density at radius 3 is 2.39 bits per heavy atom. The zero-order valence-electron chi connectivity index (χ0n) is 16.7. The highest BCUT2D eigenvalue weighted by molar-refractivity contribution is 7.20. The van der Waals surface area contributed by atoms with Gasteiger partial charge in [0.25, 0.3) is 5.91 Å². The van der Waals surface area contributed by atoms with Crippen LogP contribution in [0.15, 0.2) is 36.4 Å². The van der Waals surface area contributed by atoms with Crippen molar-refractivity contribution in [1.82, 2.24) is 20.4 Å². The highest BCUT2D eigenvalue weighted by Gasteiger charge is 2.20. The van der Waals surface area contributed by atoms with Crippen molar-refractivity contribution in [2.24, 2.45) is 5.92 Å². The quantitative estimate of drug-likeness (QED) is 0.596. The molecule has 2 amide bonds. The Hall–Kier alpha value is -2.67. The third-order valence-corrected chi connectivity index (χ3v) is 5.50. The summed E-state index contributed by atoms with van der Waals surface area (Å²) >= 11 is 1.44. The van der Waals surface area contributed by atoms with Gasteiger partial charge in [0.2, 0.25) is 5.91 Å². The fourth-order valence-electron chi connectivity index (χ4n) is 2.86. The van der Waals surface area contributed by atoms with Crippen molar-refractivity contribution in [2.75, 3.05) is 13.1 Å². The number of fused-ring (bicyclic) bond motifs is 1. The molecule has 0 saturated carbocycles. The van der Waals surface area contributed by atoms with Crippen LogP contribution >= 0.6 is 11.3 Å². The van der Waals surface area contributed by atoms with Crippen molar-refractivity contribution in [3.05, 3.63) is 47.0 Å². The third-order valence-electron chi connectivity index (χ3n) is 4.39. The summed E-state index contributed by atoms with van der Waals surface area (Å²) in [5.74, 6) is 0.0489. The summed E-state index contributed by atoms with van der Waals surface area (Å²) in [6.07, 6.45) is 0. The number of rotatable bonds is 7. The predicted octanol–water partition coefficient (Wildman–Crippen LogP) is 3.71. The summed E-state index contributed by atoms with van der Waals surface area (Å²) in [4.78, 5) is 25.8. The highest BCUT2D eigenvalue weighted by Crippen LogP contribution is 2.33. The van der Waals surface area contributed by atoms with Crippen LogP contribution in [0.25, 0.3) is 15.9 Å². The predicted molar refractivity (Wildman–Crippen MR) is 113 cm³/mol. The molecule has 2 aromatic heterocycles. The van der Waals surface area contributed by atoms with E-state index in [1.165, 1.54) is 11.3 Å². The lowest BCUT2D eigenvalue weighted by Crippen LogP contribution is -2.36. The molecule has 0 aliphatic rings. The Kier molecular flexibility index (Phi) is 6.14. The molecule has 0 spiro atoms. The third kappa shape index (κ3) is 4.25. The van der Waals surface area contributed by atoms with Gasteiger partial charge in [-0.15, -0.1) is 11.3 Å². The molecule has 2 N–H and O–H groups in total. The van der Waals surface area contributed by atoms with Crippen molar-refractivity contribution in [1.29, 1.82) is 0 Å². The van der Waals surface area contributed by atoms with E-state index in [-0.39, 0.29) is 23.7 Å². The molecule has 148 valence electrons. The van der Waals surface area contributed by atoms with Crippen LogP contribution in [-0.2, 0) is 4.79 Å². The largest absolute Gasteiger partial charge is 0.354 e. The first-order chi connectivity index (χ1) is 13.4. The van der Waals surface area contributed by atoms with Crippen LogP contribution in [-0.4, -0.2) is 34.7 Å². The molecule has 1 aromatic carbocycles. The lowest BCUT2D eigenvalue weighted by Gasteiger charge is -2.08. The second-order valence-electron chi connectivity index (χ2n) is 7.32. The molecule has 0 unspecified atom stereocenters. The normalized spacial score (nSPS) is 11.4. The first kappa shape index (κ1) is 20.1. The number of hydrogen-bond acceptors (Lipinski definition) is 4. The number of thiophene rings is 1. The number of carbonyl (C=O) groups is 2. The Morgan fingerprint density at radius 1 is 1.07 bits per heavy atom. The van der Waals surface area contributed by atoms with Crippen molar-refractivity contribution < 1.29 is 9.59 Å². The number of carbonyl (C=O) groups excluding carboxylic acids is 2. The minimum atomic E-state index is -0.130. The van der Waals surface area contributed by atoms with E-state index in [1.54, 1.807) is 0 Å². The van der Waals surface area contributed by atoms with Gasteiger partial charge in [0.05, 0.1) is 16.3 Å². The van der Waals surface area contributed by atoms with Gasteiger partial charge in [-0.1, -0.05) is 45.9 Å². The van der Waals surface area contributed by atoms with Crippen LogP contribution in [0.1, 0.15) is 49.0 Å². The van der Waals surface area contributed by atoms with Crippen molar-refractivity contribution in [2.45, 2.75) is 33.6 Å². The van der Waals surface area contributed by atoms with Crippen LogP contribution in [0.3, 0.4) is 0 Å². The van der Waals surface area contributed by atoms with Gasteiger partial charge in [-0.3, -0.25) is 9.59 Å². The molecule has 0 fully saturated rings. The number of amides is 2. The van der Waals surface area contributed by atoms with Gasteiger partial charge in [-0.25, -0.2) is 4.68 Å². The average Bonchev–Trinajstić information content (AvgIpc) is 3.24. The van der Waals surface area contributed by atoms with Crippen molar-refractivity contribution in [3.8, 4) is 5.69 Å². The summed E-state index contributed by atoms with van der Waals surface area (Å²) in [5, 5.41) is 11.5. The maximum atomic E-state index is 12.6. The van der Waals surface area contributed by atoms with Gasteiger partial charge in [0.1, 0.15) is 4.83 Å². The monoisotopic (exact) mass is 398 g/mol. The van der Waals surface area contributed by atoms with Gasteiger partial charge in [-0.2, -0.15) is 5.10 Å². The van der Waals surface area contributed by atoms with Gasteiger partial charge >= 0.3 is 0 Å². The fourth-order valence-corrected chi connectivity index (χ4v) is 3.92. The number of aromatic nitrogens is 2. The molecule has 0 atom stereocenters. The topological polar surface area (TPSA) is 76.0 Å². The molecular formula is C21H26N4O2S. The number of nitrogens with zero attached hydrogens (tertiary/aromatic N) is 2. The van der Waals surface area contributed by atoms with Gasteiger partial charge in [0.15, 0.2) is 0 Å². The number of benzene rings is 1. The minimum absolute atomic E-state index is 0.0133. The number of para-hydroxylation sites is 1. The Labute approximate surface area is 168 Å². The van der Waals surface area contributed by atoms with Crippen molar-refractivity contribution in [3.63, 3.8) is 0 Å². The maximum absolute atomic E-state index is 12.6. The van der Waals surface area contributed by atoms with Crippen LogP contribution in [0.2, 0.25) is 0 Å².